The molecule has 0 aliphatic carbocycles. The first-order valence-corrected chi connectivity index (χ1v) is 11.7. The summed E-state index contributed by atoms with van der Waals surface area (Å²) in [7, 11) is -0.157. The molecule has 10 heteroatoms. The number of nitrogens with one attached hydrogen (secondary N) is 1. The highest BCUT2D eigenvalue weighted by Gasteiger charge is 2.27. The first-order chi connectivity index (χ1) is 14.8. The maximum absolute atomic E-state index is 13.0. The molecule has 1 heterocycles. The molecule has 31 heavy (non-hydrogen) atoms. The molecule has 1 saturated heterocycles. The number of amides is 1. The molecule has 0 spiro atoms. The van der Waals surface area contributed by atoms with Gasteiger partial charge in [-0.15, -0.1) is 0 Å². The van der Waals surface area contributed by atoms with E-state index in [1.54, 1.807) is 12.1 Å². The third-order valence-electron chi connectivity index (χ3n) is 5.20. The second-order valence-corrected chi connectivity index (χ2v) is 9.47. The van der Waals surface area contributed by atoms with Crippen LogP contribution in [0.3, 0.4) is 0 Å². The molecule has 1 N–H and O–H groups in total. The van der Waals surface area contributed by atoms with Gasteiger partial charge in [-0.1, -0.05) is 16.1 Å². The van der Waals surface area contributed by atoms with Gasteiger partial charge in [0.2, 0.25) is 0 Å². The number of carbonyl (C=O) groups is 1. The summed E-state index contributed by atoms with van der Waals surface area (Å²) >= 11 is 6.18. The largest absolute Gasteiger partial charge is 0.495 e. The molecule has 0 unspecified atom stereocenters. The Morgan fingerprint density at radius 2 is 1.81 bits per heavy atom. The van der Waals surface area contributed by atoms with Crippen LogP contribution < -0.4 is 15.0 Å². The highest BCUT2D eigenvalue weighted by molar-refractivity contribution is 7.89. The summed E-state index contributed by atoms with van der Waals surface area (Å²) in [5, 5.41) is 3.37. The Bertz CT molecular complexity index is 1050. The molecule has 0 aromatic heterocycles. The highest BCUT2D eigenvalue weighted by Crippen LogP contribution is 2.32. The standard InChI is InChI=1S/C21H26ClN3O5S/c1-24(30-3)31(27,28)20-13-15(7-10-19(20)29-2)21(26)23-17-14-16(22)8-9-18(17)25-11-5-4-6-12-25/h7-10,13-14H,4-6,11-12H2,1-3H3,(H,23,26). The maximum atomic E-state index is 13.0. The number of benzene rings is 2. The number of sulfonamides is 1. The Morgan fingerprint density at radius 1 is 1.10 bits per heavy atom. The maximum Gasteiger partial charge on any atom is 0.268 e. The number of hydrogen-bond donors (Lipinski definition) is 1. The fourth-order valence-corrected chi connectivity index (χ4v) is 4.80. The minimum absolute atomic E-state index is 0.109. The summed E-state index contributed by atoms with van der Waals surface area (Å²) in [4.78, 5) is 19.9. The van der Waals surface area contributed by atoms with Crippen molar-refractivity contribution in [2.45, 2.75) is 24.2 Å². The molecule has 2 aromatic rings. The predicted octanol–water partition coefficient (Wildman–Crippen LogP) is 3.77. The molecule has 0 bridgehead atoms. The zero-order valence-corrected chi connectivity index (χ0v) is 19.3. The molecule has 1 amide bonds. The lowest BCUT2D eigenvalue weighted by Crippen LogP contribution is -2.30. The number of hydroxylamine groups is 1. The van der Waals surface area contributed by atoms with E-state index in [4.69, 9.17) is 21.2 Å². The average molecular weight is 468 g/mol. The minimum Gasteiger partial charge on any atom is -0.495 e. The van der Waals surface area contributed by atoms with Crippen molar-refractivity contribution in [1.82, 2.24) is 4.47 Å². The lowest BCUT2D eigenvalue weighted by molar-refractivity contribution is -0.0259. The van der Waals surface area contributed by atoms with Gasteiger partial charge in [-0.2, -0.15) is 0 Å². The van der Waals surface area contributed by atoms with Crippen molar-refractivity contribution >= 4 is 38.9 Å². The van der Waals surface area contributed by atoms with Crippen LogP contribution in [0.4, 0.5) is 11.4 Å². The average Bonchev–Trinajstić information content (AvgIpc) is 2.78. The molecule has 1 aliphatic rings. The Kier molecular flexibility index (Phi) is 7.42. The Balaban J connectivity index is 1.94. The van der Waals surface area contributed by atoms with Crippen LogP contribution in [0, 0.1) is 0 Å². The fourth-order valence-electron chi connectivity index (χ4n) is 3.47. The van der Waals surface area contributed by atoms with E-state index in [0.717, 1.165) is 31.6 Å². The third kappa shape index (κ3) is 5.12. The van der Waals surface area contributed by atoms with Crippen LogP contribution in [0.5, 0.6) is 5.75 Å². The second-order valence-electron chi connectivity index (χ2n) is 7.13. The number of nitrogens with zero attached hydrogens (tertiary/aromatic N) is 2. The number of halogens is 1. The molecular formula is C21H26ClN3O5S. The topological polar surface area (TPSA) is 88.2 Å². The third-order valence-corrected chi connectivity index (χ3v) is 7.14. The number of rotatable bonds is 7. The molecule has 0 saturated carbocycles. The van der Waals surface area contributed by atoms with Crippen molar-refractivity contribution in [3.63, 3.8) is 0 Å². The molecule has 1 fully saturated rings. The van der Waals surface area contributed by atoms with Gasteiger partial charge in [0.05, 0.1) is 25.6 Å². The van der Waals surface area contributed by atoms with Gasteiger partial charge in [0.1, 0.15) is 10.6 Å². The molecule has 0 atom stereocenters. The van der Waals surface area contributed by atoms with Gasteiger partial charge in [-0.25, -0.2) is 8.42 Å². The van der Waals surface area contributed by atoms with E-state index in [2.05, 4.69) is 10.2 Å². The van der Waals surface area contributed by atoms with E-state index in [0.29, 0.717) is 15.2 Å². The summed E-state index contributed by atoms with van der Waals surface area (Å²) in [5.41, 5.74) is 1.63. The van der Waals surface area contributed by atoms with Gasteiger partial charge < -0.3 is 15.0 Å². The number of anilines is 2. The van der Waals surface area contributed by atoms with Crippen molar-refractivity contribution in [1.29, 1.82) is 0 Å². The van der Waals surface area contributed by atoms with E-state index in [-0.39, 0.29) is 16.2 Å². The monoisotopic (exact) mass is 467 g/mol. The Morgan fingerprint density at radius 3 is 2.45 bits per heavy atom. The van der Waals surface area contributed by atoms with Gasteiger partial charge in [0, 0.05) is 30.7 Å². The quantitative estimate of drug-likeness (QED) is 0.623. The summed E-state index contributed by atoms with van der Waals surface area (Å²) in [6.45, 7) is 1.80. The lowest BCUT2D eigenvalue weighted by atomic mass is 10.1. The van der Waals surface area contributed by atoms with Gasteiger partial charge in [0.25, 0.3) is 15.9 Å². The van der Waals surface area contributed by atoms with Crippen LogP contribution in [0.15, 0.2) is 41.3 Å². The van der Waals surface area contributed by atoms with Crippen molar-refractivity contribution in [3.05, 3.63) is 47.0 Å². The van der Waals surface area contributed by atoms with Crippen LogP contribution in [-0.2, 0) is 14.9 Å². The second kappa shape index (κ2) is 9.86. The highest BCUT2D eigenvalue weighted by atomic mass is 35.5. The van der Waals surface area contributed by atoms with Crippen molar-refractivity contribution in [3.8, 4) is 5.75 Å². The predicted molar refractivity (Wildman–Crippen MR) is 120 cm³/mol. The normalized spacial score (nSPS) is 14.5. The van der Waals surface area contributed by atoms with Gasteiger partial charge in [-0.05, 0) is 55.7 Å². The van der Waals surface area contributed by atoms with Crippen LogP contribution in [0.2, 0.25) is 5.02 Å². The molecular weight excluding hydrogens is 442 g/mol. The van der Waals surface area contributed by atoms with E-state index in [1.165, 1.54) is 45.9 Å². The summed E-state index contributed by atoms with van der Waals surface area (Å²) < 4.78 is 31.4. The van der Waals surface area contributed by atoms with E-state index in [1.807, 2.05) is 6.07 Å². The lowest BCUT2D eigenvalue weighted by Gasteiger charge is -2.30. The number of carbonyl (C=O) groups excluding carboxylic acids is 1. The summed E-state index contributed by atoms with van der Waals surface area (Å²) in [5.74, 6) is -0.350. The molecule has 2 aromatic carbocycles. The first-order valence-electron chi connectivity index (χ1n) is 9.85. The Hall–Kier alpha value is -2.33. The first kappa shape index (κ1) is 23.3. The number of ether oxygens (including phenoxy) is 1. The van der Waals surface area contributed by atoms with Crippen LogP contribution in [0.1, 0.15) is 29.6 Å². The minimum atomic E-state index is -4.02. The number of hydrogen-bond acceptors (Lipinski definition) is 6. The van der Waals surface area contributed by atoms with Crippen molar-refractivity contribution in [2.75, 3.05) is 44.6 Å². The van der Waals surface area contributed by atoms with Crippen LogP contribution >= 0.6 is 11.6 Å². The van der Waals surface area contributed by atoms with Crippen LogP contribution in [-0.4, -0.2) is 53.2 Å². The van der Waals surface area contributed by atoms with Crippen molar-refractivity contribution in [2.24, 2.45) is 0 Å². The molecule has 1 aliphatic heterocycles. The van der Waals surface area contributed by atoms with Crippen LogP contribution in [0.25, 0.3) is 0 Å². The SMILES string of the molecule is COc1ccc(C(=O)Nc2cc(Cl)ccc2N2CCCCC2)cc1S(=O)(=O)N(C)OC. The Labute approximate surface area is 187 Å². The van der Waals surface area contributed by atoms with Gasteiger partial charge in [-0.3, -0.25) is 9.63 Å². The molecule has 3 rings (SSSR count). The van der Waals surface area contributed by atoms with Gasteiger partial charge >= 0.3 is 0 Å². The zero-order valence-electron chi connectivity index (χ0n) is 17.7. The summed E-state index contributed by atoms with van der Waals surface area (Å²) in [6.07, 6.45) is 3.36. The van der Waals surface area contributed by atoms with E-state index >= 15 is 0 Å². The smallest absolute Gasteiger partial charge is 0.268 e. The number of piperidine rings is 1. The van der Waals surface area contributed by atoms with Gasteiger partial charge in [0.15, 0.2) is 0 Å². The van der Waals surface area contributed by atoms with E-state index < -0.39 is 15.9 Å². The molecule has 0 radical (unpaired) electrons. The van der Waals surface area contributed by atoms with Crippen molar-refractivity contribution < 1.29 is 22.8 Å². The number of methoxy groups -OCH3 is 1. The molecule has 8 nitrogen and oxygen atoms in total. The molecule has 168 valence electrons. The zero-order chi connectivity index (χ0) is 22.6. The van der Waals surface area contributed by atoms with E-state index in [9.17, 15) is 13.2 Å². The fraction of sp³-hybridized carbons (Fsp3) is 0.381. The summed E-state index contributed by atoms with van der Waals surface area (Å²) in [6, 6.07) is 9.59.